The van der Waals surface area contributed by atoms with Gasteiger partial charge < -0.3 is 9.47 Å². The molecule has 0 saturated heterocycles. The van der Waals surface area contributed by atoms with Gasteiger partial charge in [-0.3, -0.25) is 0 Å². The Hall–Kier alpha value is -0.0800. The van der Waals surface area contributed by atoms with Crippen molar-refractivity contribution < 1.29 is 9.47 Å². The first-order chi connectivity index (χ1) is 6.85. The van der Waals surface area contributed by atoms with E-state index in [-0.39, 0.29) is 6.29 Å². The lowest BCUT2D eigenvalue weighted by Gasteiger charge is -2.16. The lowest BCUT2D eigenvalue weighted by molar-refractivity contribution is -0.144. The molecule has 0 rings (SSSR count). The Kier molecular flexibility index (Phi) is 10.9. The third-order valence-electron chi connectivity index (χ3n) is 2.19. The second-order valence-electron chi connectivity index (χ2n) is 3.64. The van der Waals surface area contributed by atoms with Gasteiger partial charge in [0.15, 0.2) is 6.29 Å². The van der Waals surface area contributed by atoms with Crippen LogP contribution in [0.25, 0.3) is 0 Å². The summed E-state index contributed by atoms with van der Waals surface area (Å²) in [5, 5.41) is 0. The van der Waals surface area contributed by atoms with Gasteiger partial charge in [0.05, 0.1) is 0 Å². The Morgan fingerprint density at radius 1 is 0.786 bits per heavy atom. The third-order valence-corrected chi connectivity index (χ3v) is 2.19. The fourth-order valence-corrected chi connectivity index (χ4v) is 1.21. The van der Waals surface area contributed by atoms with Crippen LogP contribution >= 0.6 is 0 Å². The number of ether oxygens (including phenoxy) is 2. The zero-order valence-corrected chi connectivity index (χ0v) is 10.1. The van der Waals surface area contributed by atoms with Crippen molar-refractivity contribution in [1.82, 2.24) is 0 Å². The van der Waals surface area contributed by atoms with Crippen LogP contribution in [0.15, 0.2) is 0 Å². The van der Waals surface area contributed by atoms with Gasteiger partial charge >= 0.3 is 0 Å². The van der Waals surface area contributed by atoms with Gasteiger partial charge in [-0.25, -0.2) is 0 Å². The Labute approximate surface area is 89.0 Å². The van der Waals surface area contributed by atoms with Gasteiger partial charge in [-0.2, -0.15) is 0 Å². The van der Waals surface area contributed by atoms with E-state index < -0.39 is 0 Å². The highest BCUT2D eigenvalue weighted by molar-refractivity contribution is 4.43. The van der Waals surface area contributed by atoms with Gasteiger partial charge in [0.25, 0.3) is 0 Å². The summed E-state index contributed by atoms with van der Waals surface area (Å²) in [5.41, 5.74) is 0. The second-order valence-corrected chi connectivity index (χ2v) is 3.64. The normalized spacial score (nSPS) is 13.1. The lowest BCUT2D eigenvalue weighted by Crippen LogP contribution is -2.17. The van der Waals surface area contributed by atoms with Crippen LogP contribution in [-0.4, -0.2) is 19.5 Å². The average Bonchev–Trinajstić information content (AvgIpc) is 2.22. The summed E-state index contributed by atoms with van der Waals surface area (Å²) in [4.78, 5) is 0. The van der Waals surface area contributed by atoms with Gasteiger partial charge in [-0.15, -0.1) is 0 Å². The summed E-state index contributed by atoms with van der Waals surface area (Å²) in [5.74, 6) is 0. The van der Waals surface area contributed by atoms with Crippen LogP contribution in [0.1, 0.15) is 59.3 Å². The predicted octanol–water partition coefficient (Wildman–Crippen LogP) is 3.75. The van der Waals surface area contributed by atoms with Gasteiger partial charge in [-0.05, 0) is 19.3 Å². The van der Waals surface area contributed by atoms with Crippen molar-refractivity contribution in [2.24, 2.45) is 0 Å². The van der Waals surface area contributed by atoms with E-state index in [4.69, 9.17) is 9.47 Å². The van der Waals surface area contributed by atoms with Crippen LogP contribution in [-0.2, 0) is 9.47 Å². The minimum Gasteiger partial charge on any atom is -0.353 e. The minimum absolute atomic E-state index is 0.0263. The van der Waals surface area contributed by atoms with E-state index in [1.807, 2.05) is 0 Å². The first-order valence-electron chi connectivity index (χ1n) is 6.08. The molecule has 0 N–H and O–H groups in total. The third kappa shape index (κ3) is 8.52. The molecule has 0 aliphatic carbocycles. The van der Waals surface area contributed by atoms with Crippen LogP contribution in [0.3, 0.4) is 0 Å². The molecule has 2 nitrogen and oxygen atoms in total. The standard InChI is InChI=1S/C12H26O2/c1-4-7-9-11-14-12(6-3)13-10-8-5-2/h12H,4-11H2,1-3H3. The monoisotopic (exact) mass is 202 g/mol. The summed E-state index contributed by atoms with van der Waals surface area (Å²) < 4.78 is 11.2. The van der Waals surface area contributed by atoms with Crippen molar-refractivity contribution in [3.63, 3.8) is 0 Å². The number of hydrogen-bond acceptors (Lipinski definition) is 2. The molecule has 0 heterocycles. The molecule has 0 aromatic carbocycles. The molecule has 0 aliphatic heterocycles. The number of rotatable bonds is 10. The van der Waals surface area contributed by atoms with Gasteiger partial charge in [0.2, 0.25) is 0 Å². The highest BCUT2D eigenvalue weighted by atomic mass is 16.7. The topological polar surface area (TPSA) is 18.5 Å². The Morgan fingerprint density at radius 3 is 1.86 bits per heavy atom. The maximum Gasteiger partial charge on any atom is 0.157 e. The zero-order valence-electron chi connectivity index (χ0n) is 10.1. The SMILES string of the molecule is CCCCCOC(CC)OCCCC. The molecule has 0 bridgehead atoms. The van der Waals surface area contributed by atoms with Crippen LogP contribution in [0, 0.1) is 0 Å². The molecule has 0 spiro atoms. The Bertz CT molecular complexity index is 104. The molecule has 0 aliphatic rings. The molecule has 0 amide bonds. The summed E-state index contributed by atoms with van der Waals surface area (Å²) in [7, 11) is 0. The lowest BCUT2D eigenvalue weighted by atomic mass is 10.3. The molecule has 0 aromatic heterocycles. The Balaban J connectivity index is 3.28. The molecule has 0 saturated carbocycles. The maximum atomic E-state index is 5.62. The molecule has 0 radical (unpaired) electrons. The van der Waals surface area contributed by atoms with E-state index in [0.29, 0.717) is 0 Å². The molecule has 0 fully saturated rings. The summed E-state index contributed by atoms with van der Waals surface area (Å²) >= 11 is 0. The zero-order chi connectivity index (χ0) is 10.6. The number of unbranched alkanes of at least 4 members (excludes halogenated alkanes) is 3. The molecule has 1 unspecified atom stereocenters. The fraction of sp³-hybridized carbons (Fsp3) is 1.00. The smallest absolute Gasteiger partial charge is 0.157 e. The largest absolute Gasteiger partial charge is 0.353 e. The highest BCUT2D eigenvalue weighted by Gasteiger charge is 2.04. The molecule has 86 valence electrons. The molecule has 14 heavy (non-hydrogen) atoms. The van der Waals surface area contributed by atoms with Gasteiger partial charge in [-0.1, -0.05) is 40.0 Å². The molecular weight excluding hydrogens is 176 g/mol. The highest BCUT2D eigenvalue weighted by Crippen LogP contribution is 2.04. The minimum atomic E-state index is 0.0263. The van der Waals surface area contributed by atoms with E-state index in [2.05, 4.69) is 20.8 Å². The first kappa shape index (κ1) is 13.9. The van der Waals surface area contributed by atoms with Crippen molar-refractivity contribution in [1.29, 1.82) is 0 Å². The van der Waals surface area contributed by atoms with Crippen molar-refractivity contribution >= 4 is 0 Å². The van der Waals surface area contributed by atoms with E-state index in [1.165, 1.54) is 19.3 Å². The maximum absolute atomic E-state index is 5.62. The fourth-order valence-electron chi connectivity index (χ4n) is 1.21. The number of hydrogen-bond donors (Lipinski definition) is 0. The quantitative estimate of drug-likeness (QED) is 0.397. The van der Waals surface area contributed by atoms with Crippen molar-refractivity contribution in [2.45, 2.75) is 65.6 Å². The average molecular weight is 202 g/mol. The molecule has 1 atom stereocenters. The van der Waals surface area contributed by atoms with Crippen molar-refractivity contribution in [3.8, 4) is 0 Å². The second kappa shape index (κ2) is 11.0. The molecular formula is C12H26O2. The van der Waals surface area contributed by atoms with Crippen LogP contribution in [0.5, 0.6) is 0 Å². The van der Waals surface area contributed by atoms with E-state index >= 15 is 0 Å². The van der Waals surface area contributed by atoms with E-state index in [0.717, 1.165) is 32.5 Å². The summed E-state index contributed by atoms with van der Waals surface area (Å²) in [6.45, 7) is 8.17. The first-order valence-corrected chi connectivity index (χ1v) is 6.08. The van der Waals surface area contributed by atoms with Gasteiger partial charge in [0, 0.05) is 13.2 Å². The van der Waals surface area contributed by atoms with Crippen molar-refractivity contribution in [3.05, 3.63) is 0 Å². The van der Waals surface area contributed by atoms with E-state index in [1.54, 1.807) is 0 Å². The van der Waals surface area contributed by atoms with Crippen molar-refractivity contribution in [2.75, 3.05) is 13.2 Å². The summed E-state index contributed by atoms with van der Waals surface area (Å²) in [6.07, 6.45) is 6.96. The Morgan fingerprint density at radius 2 is 1.36 bits per heavy atom. The summed E-state index contributed by atoms with van der Waals surface area (Å²) in [6, 6.07) is 0. The van der Waals surface area contributed by atoms with E-state index in [9.17, 15) is 0 Å². The molecule has 0 aromatic rings. The molecule has 2 heteroatoms. The predicted molar refractivity (Wildman–Crippen MR) is 60.4 cm³/mol. The van der Waals surface area contributed by atoms with Crippen LogP contribution in [0.2, 0.25) is 0 Å². The van der Waals surface area contributed by atoms with Crippen LogP contribution < -0.4 is 0 Å². The van der Waals surface area contributed by atoms with Crippen LogP contribution in [0.4, 0.5) is 0 Å². The van der Waals surface area contributed by atoms with Gasteiger partial charge in [0.1, 0.15) is 0 Å².